The van der Waals surface area contributed by atoms with E-state index in [-0.39, 0.29) is 0 Å². The average Bonchev–Trinajstić information content (AvgIpc) is 3.51. The second-order valence-corrected chi connectivity index (χ2v) is 11.2. The molecule has 0 N–H and O–H groups in total. The Labute approximate surface area is 212 Å². The maximum Gasteiger partial charge on any atom is 0.133 e. The van der Waals surface area contributed by atoms with Gasteiger partial charge in [-0.15, -0.1) is 0 Å². The van der Waals surface area contributed by atoms with Crippen molar-refractivity contribution in [2.45, 2.75) is 101 Å². The number of likely N-dealkylation sites (tertiary alicyclic amines) is 1. The van der Waals surface area contributed by atoms with Crippen LogP contribution in [0.25, 0.3) is 0 Å². The van der Waals surface area contributed by atoms with Gasteiger partial charge >= 0.3 is 0 Å². The number of pyridine rings is 1. The summed E-state index contributed by atoms with van der Waals surface area (Å²) in [5.74, 6) is 1.10. The van der Waals surface area contributed by atoms with Gasteiger partial charge in [-0.25, -0.2) is 0 Å². The minimum absolute atomic E-state index is 0.402. The molecule has 1 aliphatic carbocycles. The summed E-state index contributed by atoms with van der Waals surface area (Å²) in [5, 5.41) is 0. The Bertz CT molecular complexity index is 933. The number of carbonyl (C=O) groups is 1. The monoisotopic (exact) mass is 473 g/mol. The number of hydrogen-bond donors (Lipinski definition) is 0. The highest BCUT2D eigenvalue weighted by molar-refractivity contribution is 5.78. The van der Waals surface area contributed by atoms with Crippen molar-refractivity contribution in [1.82, 2.24) is 9.88 Å². The van der Waals surface area contributed by atoms with E-state index in [1.807, 2.05) is 12.3 Å². The molecule has 0 bridgehead atoms. The van der Waals surface area contributed by atoms with Crippen LogP contribution in [-0.2, 0) is 11.2 Å². The maximum atomic E-state index is 12.2. The summed E-state index contributed by atoms with van der Waals surface area (Å²) in [6.07, 6.45) is 19.0. The van der Waals surface area contributed by atoms with Crippen LogP contribution in [-0.4, -0.2) is 47.4 Å². The van der Waals surface area contributed by atoms with Crippen molar-refractivity contribution in [2.75, 3.05) is 24.5 Å². The molecule has 35 heavy (non-hydrogen) atoms. The standard InChI is InChI=1S/C31H43N3O/c35-29(19-18-25-11-10-20-32-21-25)15-5-3-1-2-4-12-26-22-34(31-17-9-8-16-30(26)31)28-23-33(24-28)27-13-6-7-14-27/h8-11,16-17,20-21,26-28H,1-7,12-15,18-19,22-24H2. The molecule has 2 fully saturated rings. The summed E-state index contributed by atoms with van der Waals surface area (Å²) in [6, 6.07) is 14.8. The number of para-hydroxylation sites is 1. The van der Waals surface area contributed by atoms with E-state index in [0.29, 0.717) is 18.1 Å². The quantitative estimate of drug-likeness (QED) is 0.309. The lowest BCUT2D eigenvalue weighted by molar-refractivity contribution is -0.119. The number of fused-ring (bicyclic) bond motifs is 1. The number of unbranched alkanes of at least 4 members (excludes halogenated alkanes) is 4. The van der Waals surface area contributed by atoms with Crippen molar-refractivity contribution in [3.8, 4) is 0 Å². The molecule has 2 aliphatic heterocycles. The van der Waals surface area contributed by atoms with Gasteiger partial charge in [0.15, 0.2) is 0 Å². The summed E-state index contributed by atoms with van der Waals surface area (Å²) < 4.78 is 0. The normalized spacial score (nSPS) is 20.8. The Hall–Kier alpha value is -2.20. The third-order valence-electron chi connectivity index (χ3n) is 8.70. The predicted molar refractivity (Wildman–Crippen MR) is 144 cm³/mol. The Morgan fingerprint density at radius 2 is 1.66 bits per heavy atom. The molecule has 3 aliphatic rings. The summed E-state index contributed by atoms with van der Waals surface area (Å²) in [7, 11) is 0. The van der Waals surface area contributed by atoms with Crippen LogP contribution < -0.4 is 4.90 Å². The molecule has 1 saturated carbocycles. The van der Waals surface area contributed by atoms with Crippen LogP contribution in [0.4, 0.5) is 5.69 Å². The van der Waals surface area contributed by atoms with Gasteiger partial charge in [-0.1, -0.05) is 62.8 Å². The fraction of sp³-hybridized carbons (Fsp3) is 0.613. The van der Waals surface area contributed by atoms with E-state index in [2.05, 4.69) is 45.1 Å². The molecule has 2 aromatic rings. The van der Waals surface area contributed by atoms with Crippen molar-refractivity contribution in [3.63, 3.8) is 0 Å². The number of rotatable bonds is 13. The van der Waals surface area contributed by atoms with E-state index in [9.17, 15) is 4.79 Å². The second kappa shape index (κ2) is 12.2. The van der Waals surface area contributed by atoms with Crippen molar-refractivity contribution < 1.29 is 4.79 Å². The average molecular weight is 474 g/mol. The minimum Gasteiger partial charge on any atom is -0.365 e. The summed E-state index contributed by atoms with van der Waals surface area (Å²) in [5.41, 5.74) is 4.26. The van der Waals surface area contributed by atoms with Gasteiger partial charge < -0.3 is 4.90 Å². The van der Waals surface area contributed by atoms with Crippen LogP contribution >= 0.6 is 0 Å². The first-order valence-corrected chi connectivity index (χ1v) is 14.3. The van der Waals surface area contributed by atoms with Crippen LogP contribution in [0.3, 0.4) is 0 Å². The van der Waals surface area contributed by atoms with Crippen molar-refractivity contribution in [2.24, 2.45) is 0 Å². The Kier molecular flexibility index (Phi) is 8.51. The van der Waals surface area contributed by atoms with Crippen LogP contribution in [0.2, 0.25) is 0 Å². The minimum atomic E-state index is 0.402. The van der Waals surface area contributed by atoms with Gasteiger partial charge in [0.2, 0.25) is 0 Å². The zero-order valence-electron chi connectivity index (χ0n) is 21.4. The van der Waals surface area contributed by atoms with Crippen LogP contribution in [0.1, 0.15) is 94.1 Å². The largest absolute Gasteiger partial charge is 0.365 e. The van der Waals surface area contributed by atoms with Gasteiger partial charge in [-0.2, -0.15) is 0 Å². The number of Topliss-reactive ketones (excluding diaryl/α,β-unsaturated/α-hetero) is 1. The molecule has 5 rings (SSSR count). The molecular formula is C31H43N3O. The van der Waals surface area contributed by atoms with Crippen molar-refractivity contribution in [1.29, 1.82) is 0 Å². The van der Waals surface area contributed by atoms with E-state index < -0.39 is 0 Å². The second-order valence-electron chi connectivity index (χ2n) is 11.2. The molecule has 3 heterocycles. The molecule has 0 radical (unpaired) electrons. The lowest BCUT2D eigenvalue weighted by atomic mass is 9.94. The summed E-state index contributed by atoms with van der Waals surface area (Å²) >= 11 is 0. The Morgan fingerprint density at radius 1 is 0.857 bits per heavy atom. The molecule has 188 valence electrons. The number of hydrogen-bond acceptors (Lipinski definition) is 4. The number of nitrogens with zero attached hydrogens (tertiary/aromatic N) is 3. The van der Waals surface area contributed by atoms with E-state index in [0.717, 1.165) is 36.9 Å². The van der Waals surface area contributed by atoms with E-state index in [1.165, 1.54) is 83.1 Å². The van der Waals surface area contributed by atoms with Crippen molar-refractivity contribution >= 4 is 11.5 Å². The molecule has 1 aromatic carbocycles. The number of ketones is 1. The third-order valence-corrected chi connectivity index (χ3v) is 8.70. The Balaban J connectivity index is 0.971. The molecular weight excluding hydrogens is 430 g/mol. The maximum absolute atomic E-state index is 12.2. The Morgan fingerprint density at radius 3 is 2.49 bits per heavy atom. The lowest BCUT2D eigenvalue weighted by Gasteiger charge is -2.48. The zero-order valence-corrected chi connectivity index (χ0v) is 21.4. The highest BCUT2D eigenvalue weighted by Crippen LogP contribution is 2.42. The number of aryl methyl sites for hydroxylation is 1. The lowest BCUT2D eigenvalue weighted by Crippen LogP contribution is -2.61. The SMILES string of the molecule is O=C(CCCCCCCC1CN(C2CN(C3CCCC3)C2)c2ccccc21)CCc1cccnc1. The van der Waals surface area contributed by atoms with Crippen LogP contribution in [0.5, 0.6) is 0 Å². The third kappa shape index (κ3) is 6.33. The molecule has 1 saturated heterocycles. The van der Waals surface area contributed by atoms with Crippen LogP contribution in [0.15, 0.2) is 48.8 Å². The number of carbonyl (C=O) groups excluding carboxylic acids is 1. The van der Waals surface area contributed by atoms with Gasteiger partial charge in [0.1, 0.15) is 5.78 Å². The number of benzene rings is 1. The first-order chi connectivity index (χ1) is 17.3. The van der Waals surface area contributed by atoms with Gasteiger partial charge in [0.25, 0.3) is 0 Å². The van der Waals surface area contributed by atoms with Gasteiger partial charge in [-0.05, 0) is 55.4 Å². The smallest absolute Gasteiger partial charge is 0.133 e. The highest BCUT2D eigenvalue weighted by Gasteiger charge is 2.40. The molecule has 0 amide bonds. The first-order valence-electron chi connectivity index (χ1n) is 14.3. The number of aromatic nitrogens is 1. The first kappa shape index (κ1) is 24.5. The fourth-order valence-electron chi connectivity index (χ4n) is 6.57. The zero-order chi connectivity index (χ0) is 23.9. The topological polar surface area (TPSA) is 36.4 Å². The molecule has 4 heteroatoms. The van der Waals surface area contributed by atoms with Crippen molar-refractivity contribution in [3.05, 3.63) is 59.9 Å². The summed E-state index contributed by atoms with van der Waals surface area (Å²) in [6.45, 7) is 3.76. The van der Waals surface area contributed by atoms with Crippen LogP contribution in [0, 0.1) is 0 Å². The highest BCUT2D eigenvalue weighted by atomic mass is 16.1. The molecule has 0 spiro atoms. The van der Waals surface area contributed by atoms with E-state index in [4.69, 9.17) is 0 Å². The van der Waals surface area contributed by atoms with E-state index >= 15 is 0 Å². The predicted octanol–water partition coefficient (Wildman–Crippen LogP) is 6.54. The molecule has 1 unspecified atom stereocenters. The molecule has 1 atom stereocenters. The van der Waals surface area contributed by atoms with Gasteiger partial charge in [-0.3, -0.25) is 14.7 Å². The summed E-state index contributed by atoms with van der Waals surface area (Å²) in [4.78, 5) is 21.8. The molecule has 4 nitrogen and oxygen atoms in total. The van der Waals surface area contributed by atoms with Gasteiger partial charge in [0, 0.05) is 62.5 Å². The van der Waals surface area contributed by atoms with Gasteiger partial charge in [0.05, 0.1) is 6.04 Å². The van der Waals surface area contributed by atoms with E-state index in [1.54, 1.807) is 11.8 Å². The molecule has 1 aromatic heterocycles. The fourth-order valence-corrected chi connectivity index (χ4v) is 6.57. The number of anilines is 1.